The Labute approximate surface area is 187 Å². The second kappa shape index (κ2) is 9.83. The van der Waals surface area contributed by atoms with Gasteiger partial charge in [0.25, 0.3) is 5.91 Å². The van der Waals surface area contributed by atoms with Crippen LogP contribution in [0.15, 0.2) is 65.8 Å². The first-order chi connectivity index (χ1) is 15.2. The lowest BCUT2D eigenvalue weighted by Crippen LogP contribution is -2.49. The summed E-state index contributed by atoms with van der Waals surface area (Å²) in [6, 6.07) is 17.7. The smallest absolute Gasteiger partial charge is 0.255 e. The van der Waals surface area contributed by atoms with E-state index in [-0.39, 0.29) is 5.91 Å². The van der Waals surface area contributed by atoms with Gasteiger partial charge in [0.15, 0.2) is 0 Å². The molecular formula is C24H26N4O2S. The summed E-state index contributed by atoms with van der Waals surface area (Å²) in [6.45, 7) is 5.45. The van der Waals surface area contributed by atoms with Crippen LogP contribution in [-0.2, 0) is 0 Å². The zero-order valence-corrected chi connectivity index (χ0v) is 18.6. The van der Waals surface area contributed by atoms with Gasteiger partial charge in [-0.1, -0.05) is 12.1 Å². The van der Waals surface area contributed by atoms with Crippen molar-refractivity contribution in [2.24, 2.45) is 0 Å². The third kappa shape index (κ3) is 4.82. The second-order valence-corrected chi connectivity index (χ2v) is 8.05. The van der Waals surface area contributed by atoms with E-state index in [4.69, 9.17) is 4.74 Å². The number of piperazine rings is 1. The predicted octanol–water partition coefficient (Wildman–Crippen LogP) is 4.23. The standard InChI is InChI=1S/C24H26N4O2S/c1-3-30-19-10-8-18(9-11-19)21-16-23(26-17-25-21)27-12-14-28(15-13-27)24(29)20-6-4-5-7-22(20)31-2/h4-11,16-17H,3,12-15H2,1-2H3. The van der Waals surface area contributed by atoms with Gasteiger partial charge in [-0.05, 0) is 49.6 Å². The van der Waals surface area contributed by atoms with Crippen molar-refractivity contribution >= 4 is 23.5 Å². The minimum atomic E-state index is 0.0994. The Morgan fingerprint density at radius 3 is 2.48 bits per heavy atom. The molecule has 1 fully saturated rings. The predicted molar refractivity (Wildman–Crippen MR) is 125 cm³/mol. The van der Waals surface area contributed by atoms with E-state index in [2.05, 4.69) is 14.9 Å². The van der Waals surface area contributed by atoms with Crippen molar-refractivity contribution in [3.63, 3.8) is 0 Å². The number of hydrogen-bond donors (Lipinski definition) is 0. The van der Waals surface area contributed by atoms with E-state index in [1.165, 1.54) is 0 Å². The molecule has 3 aromatic rings. The molecule has 2 aromatic carbocycles. The number of thioether (sulfide) groups is 1. The number of anilines is 1. The molecule has 4 rings (SSSR count). The van der Waals surface area contributed by atoms with Crippen molar-refractivity contribution in [1.29, 1.82) is 0 Å². The molecule has 1 aliphatic rings. The van der Waals surface area contributed by atoms with E-state index in [0.717, 1.165) is 46.4 Å². The van der Waals surface area contributed by atoms with Crippen molar-refractivity contribution in [2.45, 2.75) is 11.8 Å². The fraction of sp³-hybridized carbons (Fsp3) is 0.292. The van der Waals surface area contributed by atoms with Gasteiger partial charge in [0.2, 0.25) is 0 Å². The monoisotopic (exact) mass is 434 g/mol. The summed E-state index contributed by atoms with van der Waals surface area (Å²) in [5.74, 6) is 1.84. The maximum absolute atomic E-state index is 13.0. The van der Waals surface area contributed by atoms with Crippen LogP contribution in [0.1, 0.15) is 17.3 Å². The SMILES string of the molecule is CCOc1ccc(-c2cc(N3CCN(C(=O)c4ccccc4SC)CC3)ncn2)cc1. The normalized spacial score (nSPS) is 13.9. The number of nitrogens with zero attached hydrogens (tertiary/aromatic N) is 4. The van der Waals surface area contributed by atoms with Crippen LogP contribution in [0.2, 0.25) is 0 Å². The van der Waals surface area contributed by atoms with Crippen molar-refractivity contribution in [3.05, 3.63) is 66.5 Å². The average Bonchev–Trinajstić information content (AvgIpc) is 2.84. The Morgan fingerprint density at radius 1 is 1.03 bits per heavy atom. The van der Waals surface area contributed by atoms with Crippen molar-refractivity contribution in [1.82, 2.24) is 14.9 Å². The molecule has 7 heteroatoms. The van der Waals surface area contributed by atoms with E-state index >= 15 is 0 Å². The number of amides is 1. The molecule has 1 aromatic heterocycles. The molecule has 160 valence electrons. The highest BCUT2D eigenvalue weighted by atomic mass is 32.2. The molecule has 0 saturated carbocycles. The van der Waals surface area contributed by atoms with Gasteiger partial charge in [0.1, 0.15) is 17.9 Å². The third-order valence-electron chi connectivity index (χ3n) is 5.34. The Hall–Kier alpha value is -3.06. The maximum atomic E-state index is 13.0. The molecule has 0 aliphatic carbocycles. The Kier molecular flexibility index (Phi) is 6.72. The quantitative estimate of drug-likeness (QED) is 0.541. The van der Waals surface area contributed by atoms with Gasteiger partial charge in [-0.3, -0.25) is 4.79 Å². The molecule has 0 radical (unpaired) electrons. The van der Waals surface area contributed by atoms with Crippen molar-refractivity contribution in [2.75, 3.05) is 43.9 Å². The van der Waals surface area contributed by atoms with Crippen LogP contribution in [0.5, 0.6) is 5.75 Å². The summed E-state index contributed by atoms with van der Waals surface area (Å²) < 4.78 is 5.52. The molecule has 0 atom stereocenters. The Morgan fingerprint density at radius 2 is 1.77 bits per heavy atom. The highest BCUT2D eigenvalue weighted by Gasteiger charge is 2.24. The minimum absolute atomic E-state index is 0.0994. The van der Waals surface area contributed by atoms with Gasteiger partial charge in [-0.25, -0.2) is 9.97 Å². The zero-order valence-electron chi connectivity index (χ0n) is 17.8. The second-order valence-electron chi connectivity index (χ2n) is 7.20. The van der Waals surface area contributed by atoms with Gasteiger partial charge >= 0.3 is 0 Å². The fourth-order valence-corrected chi connectivity index (χ4v) is 4.29. The average molecular weight is 435 g/mol. The minimum Gasteiger partial charge on any atom is -0.494 e. The lowest BCUT2D eigenvalue weighted by atomic mass is 10.1. The summed E-state index contributed by atoms with van der Waals surface area (Å²) in [7, 11) is 0. The molecule has 31 heavy (non-hydrogen) atoms. The van der Waals surface area contributed by atoms with Gasteiger partial charge in [-0.15, -0.1) is 11.8 Å². The molecule has 2 heterocycles. The Balaban J connectivity index is 1.43. The van der Waals surface area contributed by atoms with Gasteiger partial charge in [0.05, 0.1) is 17.9 Å². The van der Waals surface area contributed by atoms with Crippen LogP contribution in [0, 0.1) is 0 Å². The largest absolute Gasteiger partial charge is 0.494 e. The summed E-state index contributed by atoms with van der Waals surface area (Å²) in [5, 5.41) is 0. The summed E-state index contributed by atoms with van der Waals surface area (Å²) in [4.78, 5) is 27.1. The zero-order chi connectivity index (χ0) is 21.6. The van der Waals surface area contributed by atoms with E-state index in [9.17, 15) is 4.79 Å². The van der Waals surface area contributed by atoms with Gasteiger partial charge in [0, 0.05) is 42.7 Å². The van der Waals surface area contributed by atoms with Gasteiger partial charge < -0.3 is 14.5 Å². The maximum Gasteiger partial charge on any atom is 0.255 e. The van der Waals surface area contributed by atoms with E-state index < -0.39 is 0 Å². The van der Waals surface area contributed by atoms with E-state index in [1.807, 2.05) is 72.7 Å². The summed E-state index contributed by atoms with van der Waals surface area (Å²) in [5.41, 5.74) is 2.68. The molecule has 1 amide bonds. The highest BCUT2D eigenvalue weighted by Crippen LogP contribution is 2.25. The molecule has 0 spiro atoms. The number of carbonyl (C=O) groups is 1. The molecule has 1 aliphatic heterocycles. The fourth-order valence-electron chi connectivity index (χ4n) is 3.70. The summed E-state index contributed by atoms with van der Waals surface area (Å²) >= 11 is 1.61. The van der Waals surface area contributed by atoms with Gasteiger partial charge in [-0.2, -0.15) is 0 Å². The number of carbonyl (C=O) groups excluding carboxylic acids is 1. The van der Waals surface area contributed by atoms with Crippen molar-refractivity contribution in [3.8, 4) is 17.0 Å². The third-order valence-corrected chi connectivity index (χ3v) is 6.14. The van der Waals surface area contributed by atoms with E-state index in [0.29, 0.717) is 19.7 Å². The van der Waals surface area contributed by atoms with Crippen LogP contribution in [-0.4, -0.2) is 59.8 Å². The Bertz CT molecular complexity index is 1030. The van der Waals surface area contributed by atoms with Crippen LogP contribution in [0.25, 0.3) is 11.3 Å². The molecule has 0 N–H and O–H groups in total. The van der Waals surface area contributed by atoms with Crippen molar-refractivity contribution < 1.29 is 9.53 Å². The number of rotatable bonds is 6. The molecule has 0 bridgehead atoms. The van der Waals surface area contributed by atoms with Crippen LogP contribution < -0.4 is 9.64 Å². The van der Waals surface area contributed by atoms with Crippen LogP contribution >= 0.6 is 11.8 Å². The van der Waals surface area contributed by atoms with Crippen LogP contribution in [0.3, 0.4) is 0 Å². The number of benzene rings is 2. The first-order valence-corrected chi connectivity index (χ1v) is 11.6. The summed E-state index contributed by atoms with van der Waals surface area (Å²) in [6.07, 6.45) is 3.61. The lowest BCUT2D eigenvalue weighted by molar-refractivity contribution is 0.0743. The first-order valence-electron chi connectivity index (χ1n) is 10.4. The molecule has 0 unspecified atom stereocenters. The topological polar surface area (TPSA) is 58.6 Å². The highest BCUT2D eigenvalue weighted by molar-refractivity contribution is 7.98. The molecule has 6 nitrogen and oxygen atoms in total. The number of aromatic nitrogens is 2. The van der Waals surface area contributed by atoms with Crippen LogP contribution in [0.4, 0.5) is 5.82 Å². The number of hydrogen-bond acceptors (Lipinski definition) is 6. The van der Waals surface area contributed by atoms with E-state index in [1.54, 1.807) is 18.1 Å². The lowest BCUT2D eigenvalue weighted by Gasteiger charge is -2.35. The molecular weight excluding hydrogens is 408 g/mol. The number of ether oxygens (including phenoxy) is 1. The first kappa shape index (κ1) is 21.2. The molecule has 1 saturated heterocycles.